The van der Waals surface area contributed by atoms with Crippen molar-refractivity contribution >= 4 is 27.7 Å². The van der Waals surface area contributed by atoms with E-state index in [0.717, 1.165) is 6.07 Å². The van der Waals surface area contributed by atoms with Crippen molar-refractivity contribution in [3.05, 3.63) is 23.8 Å². The van der Waals surface area contributed by atoms with E-state index in [-0.39, 0.29) is 17.5 Å². The summed E-state index contributed by atoms with van der Waals surface area (Å²) in [4.78, 5) is 24.0. The lowest BCUT2D eigenvalue weighted by Crippen LogP contribution is -2.40. The highest BCUT2D eigenvalue weighted by atomic mass is 32.2. The van der Waals surface area contributed by atoms with Crippen molar-refractivity contribution in [3.63, 3.8) is 0 Å². The van der Waals surface area contributed by atoms with E-state index in [1.807, 2.05) is 6.92 Å². The van der Waals surface area contributed by atoms with E-state index in [4.69, 9.17) is 14.2 Å². The predicted molar refractivity (Wildman–Crippen MR) is 86.3 cm³/mol. The average Bonchev–Trinajstić information content (AvgIpc) is 3.19. The van der Waals surface area contributed by atoms with E-state index < -0.39 is 45.4 Å². The molecule has 3 aliphatic rings. The molecule has 5 unspecified atom stereocenters. The first-order valence-electron chi connectivity index (χ1n) is 8.22. The van der Waals surface area contributed by atoms with E-state index in [9.17, 15) is 22.6 Å². The summed E-state index contributed by atoms with van der Waals surface area (Å²) in [6.45, 7) is 2.30. The third kappa shape index (κ3) is 2.65. The summed E-state index contributed by atoms with van der Waals surface area (Å²) >= 11 is 0. The molecule has 1 aromatic carbocycles. The van der Waals surface area contributed by atoms with Gasteiger partial charge in [0.25, 0.3) is 10.1 Å². The van der Waals surface area contributed by atoms with Crippen molar-refractivity contribution in [1.29, 1.82) is 0 Å². The van der Waals surface area contributed by atoms with Crippen molar-refractivity contribution in [3.8, 4) is 0 Å². The van der Waals surface area contributed by atoms with E-state index in [2.05, 4.69) is 5.32 Å². The summed E-state index contributed by atoms with van der Waals surface area (Å²) in [6, 6.07) is 3.62. The number of hydrogen-bond donors (Lipinski definition) is 2. The fourth-order valence-electron chi connectivity index (χ4n) is 3.77. The summed E-state index contributed by atoms with van der Waals surface area (Å²) < 4.78 is 48.4. The van der Waals surface area contributed by atoms with Gasteiger partial charge in [0.1, 0.15) is 6.10 Å². The zero-order valence-corrected chi connectivity index (χ0v) is 14.6. The maximum atomic E-state index is 12.7. The molecule has 3 aliphatic heterocycles. The summed E-state index contributed by atoms with van der Waals surface area (Å²) in [5.41, 5.74) is 0.334. The molecule has 0 radical (unpaired) electrons. The molecule has 3 saturated heterocycles. The number of hydrogen-bond acceptors (Lipinski definition) is 8. The molecule has 0 aromatic heterocycles. The highest BCUT2D eigenvalue weighted by Gasteiger charge is 2.65. The number of nitrogens with one attached hydrogen (secondary N) is 1. The van der Waals surface area contributed by atoms with Gasteiger partial charge in [0.15, 0.2) is 12.2 Å². The minimum absolute atomic E-state index is 0.0365. The topological polar surface area (TPSA) is 128 Å². The summed E-state index contributed by atoms with van der Waals surface area (Å²) in [7, 11) is -4.47. The van der Waals surface area contributed by atoms with E-state index in [1.165, 1.54) is 12.1 Å². The van der Waals surface area contributed by atoms with Gasteiger partial charge in [-0.1, -0.05) is 0 Å². The van der Waals surface area contributed by atoms with E-state index in [0.29, 0.717) is 18.7 Å². The Morgan fingerprint density at radius 1 is 1.38 bits per heavy atom. The maximum absolute atomic E-state index is 12.7. The molecule has 1 aromatic rings. The minimum Gasteiger partial charge on any atom is -0.455 e. The summed E-state index contributed by atoms with van der Waals surface area (Å²) in [5.74, 6) is -1.44. The molecule has 2 bridgehead atoms. The summed E-state index contributed by atoms with van der Waals surface area (Å²) in [6.07, 6.45) is -1.76. The normalized spacial score (nSPS) is 31.8. The molecule has 4 rings (SSSR count). The number of benzene rings is 1. The number of carbonyl (C=O) groups excluding carboxylic acids is 2. The molecule has 2 N–H and O–H groups in total. The van der Waals surface area contributed by atoms with Gasteiger partial charge in [-0.25, -0.2) is 4.79 Å². The monoisotopic (exact) mass is 383 g/mol. The molecule has 3 fully saturated rings. The Bertz CT molecular complexity index is 882. The lowest BCUT2D eigenvalue weighted by Gasteiger charge is -2.23. The van der Waals surface area contributed by atoms with Crippen LogP contribution in [0, 0.1) is 5.92 Å². The van der Waals surface area contributed by atoms with Crippen LogP contribution in [0.25, 0.3) is 0 Å². The van der Waals surface area contributed by atoms with Crippen molar-refractivity contribution in [2.24, 2.45) is 5.92 Å². The van der Waals surface area contributed by atoms with Crippen LogP contribution in [0.3, 0.4) is 0 Å². The first-order valence-corrected chi connectivity index (χ1v) is 9.66. The Hall–Kier alpha value is -2.17. The molecular formula is C16H17NO8S. The zero-order chi connectivity index (χ0) is 18.6. The van der Waals surface area contributed by atoms with Crippen LogP contribution in [-0.2, 0) is 29.1 Å². The molecule has 26 heavy (non-hydrogen) atoms. The van der Waals surface area contributed by atoms with Gasteiger partial charge in [-0.15, -0.1) is 0 Å². The van der Waals surface area contributed by atoms with Gasteiger partial charge < -0.3 is 19.5 Å². The van der Waals surface area contributed by atoms with Crippen molar-refractivity contribution in [1.82, 2.24) is 0 Å². The SMILES string of the molecule is CCNc1ccc(S(=O)(=O)O)cc1C(=O)OC1C2CC3C(=O)OC1C3O2. The maximum Gasteiger partial charge on any atom is 0.340 e. The second-order valence-electron chi connectivity index (χ2n) is 6.47. The van der Waals surface area contributed by atoms with E-state index in [1.54, 1.807) is 0 Å². The molecule has 5 atom stereocenters. The standard InChI is InChI=1S/C16H17NO8S/c1-2-17-10-4-3-7(26(20,21)22)5-8(10)15(18)24-13-11-6-9-12(23-11)14(13)25-16(9)19/h3-5,9,11-14,17H,2,6H2,1H3,(H,20,21,22). The summed E-state index contributed by atoms with van der Waals surface area (Å²) in [5, 5.41) is 2.94. The Balaban J connectivity index is 1.61. The highest BCUT2D eigenvalue weighted by molar-refractivity contribution is 7.85. The molecule has 0 amide bonds. The van der Waals surface area contributed by atoms with Crippen LogP contribution in [0.4, 0.5) is 5.69 Å². The van der Waals surface area contributed by atoms with Crippen LogP contribution < -0.4 is 5.32 Å². The quantitative estimate of drug-likeness (QED) is 0.555. The molecule has 0 aliphatic carbocycles. The van der Waals surface area contributed by atoms with Gasteiger partial charge in [-0.05, 0) is 31.5 Å². The molecular weight excluding hydrogens is 366 g/mol. The first-order chi connectivity index (χ1) is 12.3. The predicted octanol–water partition coefficient (Wildman–Crippen LogP) is 0.603. The smallest absolute Gasteiger partial charge is 0.340 e. The van der Waals surface area contributed by atoms with Crippen LogP contribution in [0.5, 0.6) is 0 Å². The lowest BCUT2D eigenvalue weighted by atomic mass is 9.88. The second-order valence-corrected chi connectivity index (χ2v) is 7.89. The fourth-order valence-corrected chi connectivity index (χ4v) is 4.27. The van der Waals surface area contributed by atoms with E-state index >= 15 is 0 Å². The largest absolute Gasteiger partial charge is 0.455 e. The Kier molecular flexibility index (Phi) is 3.94. The zero-order valence-electron chi connectivity index (χ0n) is 13.7. The fraction of sp³-hybridized carbons (Fsp3) is 0.500. The van der Waals surface area contributed by atoms with Crippen LogP contribution in [0.1, 0.15) is 23.7 Å². The van der Waals surface area contributed by atoms with Crippen LogP contribution in [0.2, 0.25) is 0 Å². The van der Waals surface area contributed by atoms with Crippen molar-refractivity contribution in [2.75, 3.05) is 11.9 Å². The highest BCUT2D eigenvalue weighted by Crippen LogP contribution is 2.47. The second kappa shape index (κ2) is 5.93. The lowest BCUT2D eigenvalue weighted by molar-refractivity contribution is -0.145. The Labute approximate surface area is 149 Å². The number of ether oxygens (including phenoxy) is 3. The number of carbonyl (C=O) groups is 2. The van der Waals surface area contributed by atoms with Gasteiger partial charge in [0.2, 0.25) is 0 Å². The van der Waals surface area contributed by atoms with Crippen LogP contribution in [-0.4, -0.2) is 55.9 Å². The minimum atomic E-state index is -4.47. The Morgan fingerprint density at radius 3 is 2.85 bits per heavy atom. The van der Waals surface area contributed by atoms with Crippen molar-refractivity contribution < 1.29 is 36.8 Å². The van der Waals surface area contributed by atoms with Crippen LogP contribution in [0.15, 0.2) is 23.1 Å². The molecule has 0 saturated carbocycles. The number of esters is 2. The molecule has 3 heterocycles. The molecule has 140 valence electrons. The Morgan fingerprint density at radius 2 is 2.15 bits per heavy atom. The number of rotatable bonds is 5. The van der Waals surface area contributed by atoms with Gasteiger partial charge >= 0.3 is 11.9 Å². The van der Waals surface area contributed by atoms with Crippen molar-refractivity contribution in [2.45, 2.75) is 42.7 Å². The van der Waals surface area contributed by atoms with Gasteiger partial charge in [-0.3, -0.25) is 9.35 Å². The molecule has 9 nitrogen and oxygen atoms in total. The van der Waals surface area contributed by atoms with Gasteiger partial charge in [-0.2, -0.15) is 8.42 Å². The van der Waals surface area contributed by atoms with Gasteiger partial charge in [0, 0.05) is 12.2 Å². The third-order valence-corrected chi connectivity index (χ3v) is 5.75. The average molecular weight is 383 g/mol. The van der Waals surface area contributed by atoms with Crippen LogP contribution >= 0.6 is 0 Å². The number of fused-ring (bicyclic) bond motifs is 1. The first kappa shape index (κ1) is 17.3. The number of anilines is 1. The molecule has 0 spiro atoms. The molecule has 10 heteroatoms. The van der Waals surface area contributed by atoms with Gasteiger partial charge in [0.05, 0.1) is 22.5 Å². The third-order valence-electron chi connectivity index (χ3n) is 4.90.